The quantitative estimate of drug-likeness (QED) is 0.0659. The Morgan fingerprint density at radius 2 is 1.52 bits per heavy atom. The molecule has 2 heterocycles. The van der Waals surface area contributed by atoms with Crippen molar-refractivity contribution in [3.63, 3.8) is 0 Å². The maximum absolute atomic E-state index is 13.6. The zero-order valence-electron chi connectivity index (χ0n) is 25.9. The highest BCUT2D eigenvalue weighted by Crippen LogP contribution is 2.44. The predicted molar refractivity (Wildman–Crippen MR) is 170 cm³/mol. The van der Waals surface area contributed by atoms with E-state index in [2.05, 4.69) is 18.8 Å². The van der Waals surface area contributed by atoms with Crippen LogP contribution < -0.4 is 14.4 Å². The molecule has 0 saturated carbocycles. The van der Waals surface area contributed by atoms with Crippen molar-refractivity contribution >= 4 is 39.9 Å². The van der Waals surface area contributed by atoms with Gasteiger partial charge in [0.2, 0.25) is 0 Å². The second-order valence-corrected chi connectivity index (χ2v) is 12.0. The van der Waals surface area contributed by atoms with Crippen LogP contribution in [0.1, 0.15) is 85.9 Å². The number of Topliss-reactive ketones (excluding diaryl/α,β-unsaturated/α-hetero) is 1. The van der Waals surface area contributed by atoms with Crippen LogP contribution in [0.5, 0.6) is 11.5 Å². The van der Waals surface area contributed by atoms with Crippen molar-refractivity contribution in [1.29, 1.82) is 0 Å². The van der Waals surface area contributed by atoms with E-state index in [1.807, 2.05) is 13.8 Å². The molecule has 10 heteroatoms. The standard InChI is InChI=1S/C34H40N2O7S/c1-6-8-18-41-25-14-10-23(11-15-25)28-27(29(37)24-12-16-26(17-13-24)42-19-9-7-2)30(38)32(39)36(28)34-35-22(5)31(44-34)33(40)43-20-21(3)4/h10-17,21,28,37H,6-9,18-20H2,1-5H3/b29-27-. The van der Waals surface area contributed by atoms with Crippen LogP contribution in [-0.2, 0) is 14.3 Å². The fraction of sp³-hybridized carbons (Fsp3) is 0.412. The molecule has 2 aromatic carbocycles. The lowest BCUT2D eigenvalue weighted by atomic mass is 9.95. The number of nitrogens with zero attached hydrogens (tertiary/aromatic N) is 2. The first-order chi connectivity index (χ1) is 21.2. The van der Waals surface area contributed by atoms with Crippen molar-refractivity contribution in [2.75, 3.05) is 24.7 Å². The molecule has 0 bridgehead atoms. The molecule has 1 N–H and O–H groups in total. The Labute approximate surface area is 262 Å². The molecule has 234 valence electrons. The Kier molecular flexibility index (Phi) is 11.2. The molecule has 1 unspecified atom stereocenters. The first-order valence-corrected chi connectivity index (χ1v) is 15.9. The summed E-state index contributed by atoms with van der Waals surface area (Å²) in [4.78, 5) is 46.0. The van der Waals surface area contributed by atoms with Crippen molar-refractivity contribution in [3.8, 4) is 11.5 Å². The zero-order chi connectivity index (χ0) is 31.8. The summed E-state index contributed by atoms with van der Waals surface area (Å²) in [5.74, 6) is -1.12. The van der Waals surface area contributed by atoms with E-state index < -0.39 is 23.7 Å². The van der Waals surface area contributed by atoms with Crippen LogP contribution in [0.2, 0.25) is 0 Å². The summed E-state index contributed by atoms with van der Waals surface area (Å²) < 4.78 is 17.0. The lowest BCUT2D eigenvalue weighted by Gasteiger charge is -2.23. The van der Waals surface area contributed by atoms with E-state index >= 15 is 0 Å². The maximum atomic E-state index is 13.6. The fourth-order valence-electron chi connectivity index (χ4n) is 4.61. The number of aromatic nitrogens is 1. The number of thiazole rings is 1. The number of rotatable bonds is 14. The van der Waals surface area contributed by atoms with Gasteiger partial charge in [0.15, 0.2) is 5.13 Å². The van der Waals surface area contributed by atoms with Gasteiger partial charge in [-0.05, 0) is 67.6 Å². The van der Waals surface area contributed by atoms with E-state index in [4.69, 9.17) is 14.2 Å². The number of ketones is 1. The van der Waals surface area contributed by atoms with Gasteiger partial charge < -0.3 is 19.3 Å². The third-order valence-corrected chi connectivity index (χ3v) is 8.16. The van der Waals surface area contributed by atoms with Gasteiger partial charge in [0, 0.05) is 5.56 Å². The number of hydrogen-bond donors (Lipinski definition) is 1. The van der Waals surface area contributed by atoms with E-state index in [-0.39, 0.29) is 33.9 Å². The summed E-state index contributed by atoms with van der Waals surface area (Å²) in [7, 11) is 0. The zero-order valence-corrected chi connectivity index (χ0v) is 26.7. The first-order valence-electron chi connectivity index (χ1n) is 15.1. The third-order valence-electron chi connectivity index (χ3n) is 7.03. The number of carbonyl (C=O) groups is 3. The molecule has 9 nitrogen and oxygen atoms in total. The Hall–Kier alpha value is -4.18. The number of carbonyl (C=O) groups excluding carboxylic acids is 3. The number of aliphatic hydroxyl groups excluding tert-OH is 1. The maximum Gasteiger partial charge on any atom is 0.350 e. The van der Waals surface area contributed by atoms with Crippen LogP contribution in [0.3, 0.4) is 0 Å². The molecule has 1 atom stereocenters. The lowest BCUT2D eigenvalue weighted by Crippen LogP contribution is -2.29. The monoisotopic (exact) mass is 620 g/mol. The Balaban J connectivity index is 1.76. The van der Waals surface area contributed by atoms with Crippen molar-refractivity contribution in [3.05, 3.63) is 75.8 Å². The molecule has 1 fully saturated rings. The first kappa shape index (κ1) is 32.7. The van der Waals surface area contributed by atoms with Crippen LogP contribution in [0.4, 0.5) is 5.13 Å². The SMILES string of the molecule is CCCCOc1ccc(/C(O)=C2/C(=O)C(=O)N(c3nc(C)c(C(=O)OCC(C)C)s3)C2c2ccc(OCCCC)cc2)cc1. The molecule has 1 amide bonds. The van der Waals surface area contributed by atoms with Gasteiger partial charge in [-0.3, -0.25) is 14.5 Å². The van der Waals surface area contributed by atoms with Gasteiger partial charge in [0.25, 0.3) is 5.78 Å². The highest BCUT2D eigenvalue weighted by molar-refractivity contribution is 7.17. The number of amides is 1. The number of aliphatic hydroxyl groups is 1. The number of unbranched alkanes of at least 4 members (excludes halogenated alkanes) is 2. The van der Waals surface area contributed by atoms with E-state index in [9.17, 15) is 19.5 Å². The minimum atomic E-state index is -0.995. The van der Waals surface area contributed by atoms with Crippen LogP contribution in [-0.4, -0.2) is 47.6 Å². The average molecular weight is 621 g/mol. The summed E-state index contributed by atoms with van der Waals surface area (Å²) in [5.41, 5.74) is 1.25. The smallest absolute Gasteiger partial charge is 0.350 e. The van der Waals surface area contributed by atoms with E-state index in [1.165, 1.54) is 4.90 Å². The largest absolute Gasteiger partial charge is 0.507 e. The van der Waals surface area contributed by atoms with Gasteiger partial charge in [-0.2, -0.15) is 0 Å². The van der Waals surface area contributed by atoms with Crippen molar-refractivity contribution in [2.24, 2.45) is 5.92 Å². The van der Waals surface area contributed by atoms with Gasteiger partial charge in [-0.1, -0.05) is 64.0 Å². The molecule has 44 heavy (non-hydrogen) atoms. The highest BCUT2D eigenvalue weighted by Gasteiger charge is 2.48. The minimum absolute atomic E-state index is 0.0777. The fourth-order valence-corrected chi connectivity index (χ4v) is 5.59. The predicted octanol–water partition coefficient (Wildman–Crippen LogP) is 7.25. The van der Waals surface area contributed by atoms with Gasteiger partial charge in [-0.15, -0.1) is 0 Å². The molecule has 4 rings (SSSR count). The summed E-state index contributed by atoms with van der Waals surface area (Å²) in [6, 6.07) is 12.8. The molecule has 1 aliphatic rings. The van der Waals surface area contributed by atoms with E-state index in [1.54, 1.807) is 55.5 Å². The topological polar surface area (TPSA) is 115 Å². The molecule has 3 aromatic rings. The van der Waals surface area contributed by atoms with Crippen molar-refractivity contribution in [2.45, 2.75) is 66.3 Å². The molecule has 1 aromatic heterocycles. The van der Waals surface area contributed by atoms with Gasteiger partial charge in [0.1, 0.15) is 22.1 Å². The Morgan fingerprint density at radius 3 is 2.07 bits per heavy atom. The second-order valence-electron chi connectivity index (χ2n) is 11.1. The number of aryl methyl sites for hydroxylation is 1. The average Bonchev–Trinajstić information content (AvgIpc) is 3.52. The number of anilines is 1. The van der Waals surface area contributed by atoms with Crippen LogP contribution in [0.25, 0.3) is 5.76 Å². The summed E-state index contributed by atoms with van der Waals surface area (Å²) >= 11 is 0.980. The van der Waals surface area contributed by atoms with Crippen molar-refractivity contribution in [1.82, 2.24) is 4.98 Å². The Morgan fingerprint density at radius 1 is 0.955 bits per heavy atom. The molecule has 0 radical (unpaired) electrons. The van der Waals surface area contributed by atoms with Gasteiger partial charge >= 0.3 is 11.9 Å². The molecule has 0 aliphatic carbocycles. The highest BCUT2D eigenvalue weighted by atomic mass is 32.1. The lowest BCUT2D eigenvalue weighted by molar-refractivity contribution is -0.132. The number of esters is 1. The summed E-state index contributed by atoms with van der Waals surface area (Å²) in [6.45, 7) is 11.1. The molecule has 1 aliphatic heterocycles. The minimum Gasteiger partial charge on any atom is -0.507 e. The van der Waals surface area contributed by atoms with Crippen LogP contribution in [0.15, 0.2) is 54.1 Å². The van der Waals surface area contributed by atoms with Gasteiger partial charge in [0.05, 0.1) is 37.1 Å². The number of benzene rings is 2. The molecule has 0 spiro atoms. The summed E-state index contributed by atoms with van der Waals surface area (Å²) in [6.07, 6.45) is 3.83. The molecule has 1 saturated heterocycles. The second kappa shape index (κ2) is 15.0. The van der Waals surface area contributed by atoms with E-state index in [0.29, 0.717) is 41.5 Å². The Bertz CT molecular complexity index is 1490. The number of hydrogen-bond acceptors (Lipinski definition) is 9. The normalized spacial score (nSPS) is 16.0. The summed E-state index contributed by atoms with van der Waals surface area (Å²) in [5, 5.41) is 11.7. The van der Waals surface area contributed by atoms with E-state index in [0.717, 1.165) is 37.0 Å². The third kappa shape index (κ3) is 7.48. The van der Waals surface area contributed by atoms with Gasteiger partial charge in [-0.25, -0.2) is 9.78 Å². The molecular weight excluding hydrogens is 580 g/mol. The van der Waals surface area contributed by atoms with Crippen molar-refractivity contribution < 1.29 is 33.7 Å². The van der Waals surface area contributed by atoms with Crippen LogP contribution >= 0.6 is 11.3 Å². The van der Waals surface area contributed by atoms with Crippen LogP contribution in [0, 0.1) is 12.8 Å². The molecular formula is C34H40N2O7S. The number of ether oxygens (including phenoxy) is 3.